The van der Waals surface area contributed by atoms with Gasteiger partial charge in [-0.1, -0.05) is 29.8 Å². The second-order valence-corrected chi connectivity index (χ2v) is 7.08. The number of benzene rings is 2. The molecule has 0 unspecified atom stereocenters. The second-order valence-electron chi connectivity index (χ2n) is 7.08. The zero-order valence-electron chi connectivity index (χ0n) is 17.3. The van der Waals surface area contributed by atoms with Crippen molar-refractivity contribution < 1.29 is 17.9 Å². The Morgan fingerprint density at radius 1 is 0.970 bits per heavy atom. The van der Waals surface area contributed by atoms with Gasteiger partial charge in [-0.05, 0) is 30.7 Å². The summed E-state index contributed by atoms with van der Waals surface area (Å²) in [6, 6.07) is 14.6. The van der Waals surface area contributed by atoms with Crippen molar-refractivity contribution in [1.82, 2.24) is 9.97 Å². The third-order valence-corrected chi connectivity index (χ3v) is 4.83. The summed E-state index contributed by atoms with van der Waals surface area (Å²) < 4.78 is 37.6. The molecule has 0 fully saturated rings. The van der Waals surface area contributed by atoms with Crippen LogP contribution in [0.1, 0.15) is 22.4 Å². The van der Waals surface area contributed by atoms with Crippen molar-refractivity contribution in [2.75, 3.05) is 5.73 Å². The number of ether oxygens (including phenoxy) is 1. The number of anilines is 1. The van der Waals surface area contributed by atoms with E-state index in [1.807, 2.05) is 31.2 Å². The highest BCUT2D eigenvalue weighted by atomic mass is 19.2. The maximum Gasteiger partial charge on any atom is 0.234 e. The predicted molar refractivity (Wildman–Crippen MR) is 114 cm³/mol. The van der Waals surface area contributed by atoms with Crippen molar-refractivity contribution in [2.45, 2.75) is 13.5 Å². The van der Waals surface area contributed by atoms with E-state index in [9.17, 15) is 19.3 Å². The number of pyridine rings is 1. The number of hydrogen-bond donors (Lipinski definition) is 1. The van der Waals surface area contributed by atoms with E-state index in [0.717, 1.165) is 17.7 Å². The van der Waals surface area contributed by atoms with E-state index in [1.165, 1.54) is 12.3 Å². The molecule has 0 aliphatic carbocycles. The van der Waals surface area contributed by atoms with Crippen LogP contribution in [-0.4, -0.2) is 9.97 Å². The van der Waals surface area contributed by atoms with E-state index in [-0.39, 0.29) is 40.9 Å². The Balaban J connectivity index is 1.66. The molecule has 4 rings (SSSR count). The lowest BCUT2D eigenvalue weighted by atomic mass is 9.96. The lowest BCUT2D eigenvalue weighted by Crippen LogP contribution is -2.06. The largest absolute Gasteiger partial charge is 0.470 e. The highest BCUT2D eigenvalue weighted by molar-refractivity contribution is 5.82. The topological polar surface area (TPSA) is 122 Å². The summed E-state index contributed by atoms with van der Waals surface area (Å²) in [5, 5.41) is 19.4. The van der Waals surface area contributed by atoms with E-state index in [1.54, 1.807) is 12.1 Å². The normalized spacial score (nSPS) is 10.5. The van der Waals surface area contributed by atoms with E-state index in [0.29, 0.717) is 16.8 Å². The summed E-state index contributed by atoms with van der Waals surface area (Å²) in [7, 11) is 0. The van der Waals surface area contributed by atoms with Gasteiger partial charge in [0, 0.05) is 11.1 Å². The van der Waals surface area contributed by atoms with Gasteiger partial charge in [0.15, 0.2) is 11.6 Å². The van der Waals surface area contributed by atoms with Crippen LogP contribution in [0.4, 0.5) is 14.6 Å². The molecule has 0 amide bonds. The third-order valence-electron chi connectivity index (χ3n) is 4.83. The monoisotopic (exact) mass is 443 g/mol. The van der Waals surface area contributed by atoms with Crippen LogP contribution < -0.4 is 10.5 Å². The SMILES string of the molecule is Cc1ccc(-c2c(C#N)c(N)nc(OCc3coc(-c4ccc(F)c(F)c4)n3)c2C#N)cc1. The number of aryl methyl sites for hydroxylation is 1. The van der Waals surface area contributed by atoms with Gasteiger partial charge in [0.05, 0.1) is 0 Å². The number of nitriles is 2. The Morgan fingerprint density at radius 2 is 1.67 bits per heavy atom. The molecule has 9 heteroatoms. The summed E-state index contributed by atoms with van der Waals surface area (Å²) in [6.07, 6.45) is 1.29. The maximum absolute atomic E-state index is 13.5. The number of nitrogens with two attached hydrogens (primary N) is 1. The average molecular weight is 443 g/mol. The van der Waals surface area contributed by atoms with Gasteiger partial charge in [-0.25, -0.2) is 13.8 Å². The van der Waals surface area contributed by atoms with Crippen molar-refractivity contribution in [3.63, 3.8) is 0 Å². The van der Waals surface area contributed by atoms with Gasteiger partial charge in [-0.3, -0.25) is 0 Å². The number of nitrogen functional groups attached to an aromatic ring is 1. The Kier molecular flexibility index (Phi) is 5.71. The Labute approximate surface area is 187 Å². The van der Waals surface area contributed by atoms with Crippen LogP contribution in [-0.2, 0) is 6.61 Å². The second kappa shape index (κ2) is 8.77. The number of halogens is 2. The van der Waals surface area contributed by atoms with Crippen LogP contribution in [0, 0.1) is 41.2 Å². The number of aromatic nitrogens is 2. The van der Waals surface area contributed by atoms with Gasteiger partial charge in [0.25, 0.3) is 0 Å². The molecule has 0 saturated carbocycles. The van der Waals surface area contributed by atoms with Crippen molar-refractivity contribution in [3.05, 3.63) is 82.7 Å². The van der Waals surface area contributed by atoms with Crippen molar-refractivity contribution in [1.29, 1.82) is 10.5 Å². The molecule has 0 atom stereocenters. The Hall–Kier alpha value is -4.76. The number of nitrogens with zero attached hydrogens (tertiary/aromatic N) is 4. The minimum atomic E-state index is -1.02. The van der Waals surface area contributed by atoms with E-state index < -0.39 is 11.6 Å². The molecule has 2 aromatic carbocycles. The summed E-state index contributed by atoms with van der Waals surface area (Å²) in [6.45, 7) is 1.77. The van der Waals surface area contributed by atoms with Gasteiger partial charge in [-0.15, -0.1) is 0 Å². The van der Waals surface area contributed by atoms with Gasteiger partial charge < -0.3 is 14.9 Å². The standard InChI is InChI=1S/C24H15F2N5O2/c1-13-2-4-14(5-3-13)21-17(9-27)22(29)31-24(18(21)10-28)33-12-16-11-32-23(30-16)15-6-7-19(25)20(26)8-15/h2-8,11H,12H2,1H3,(H2,29,31). The fraction of sp³-hybridized carbons (Fsp3) is 0.0833. The van der Waals surface area contributed by atoms with E-state index >= 15 is 0 Å². The molecule has 0 spiro atoms. The molecule has 0 aliphatic heterocycles. The smallest absolute Gasteiger partial charge is 0.234 e. The molecule has 0 aliphatic rings. The third kappa shape index (κ3) is 4.21. The molecule has 7 nitrogen and oxygen atoms in total. The molecule has 4 aromatic rings. The summed E-state index contributed by atoms with van der Waals surface area (Å²) in [5.41, 5.74) is 8.62. The predicted octanol–water partition coefficient (Wildman–Crippen LogP) is 4.89. The minimum Gasteiger partial charge on any atom is -0.470 e. The van der Waals surface area contributed by atoms with Crippen LogP contribution in [0.15, 0.2) is 53.1 Å². The number of oxazole rings is 1. The molecule has 2 heterocycles. The maximum atomic E-state index is 13.5. The first-order valence-electron chi connectivity index (χ1n) is 9.64. The average Bonchev–Trinajstić information content (AvgIpc) is 3.28. The number of hydrogen-bond acceptors (Lipinski definition) is 7. The fourth-order valence-corrected chi connectivity index (χ4v) is 3.19. The highest BCUT2D eigenvalue weighted by Crippen LogP contribution is 2.35. The van der Waals surface area contributed by atoms with E-state index in [2.05, 4.69) is 9.97 Å². The van der Waals surface area contributed by atoms with E-state index in [4.69, 9.17) is 14.9 Å². The minimum absolute atomic E-state index is 0.0499. The Morgan fingerprint density at radius 3 is 2.33 bits per heavy atom. The molecule has 33 heavy (non-hydrogen) atoms. The van der Waals surface area contributed by atoms with Crippen LogP contribution in [0.25, 0.3) is 22.6 Å². The molecule has 0 radical (unpaired) electrons. The molecular formula is C24H15F2N5O2. The van der Waals surface area contributed by atoms with Gasteiger partial charge in [-0.2, -0.15) is 15.5 Å². The number of rotatable bonds is 5. The molecule has 0 saturated heterocycles. The first-order chi connectivity index (χ1) is 15.9. The molecule has 162 valence electrons. The summed E-state index contributed by atoms with van der Waals surface area (Å²) in [4.78, 5) is 8.27. The van der Waals surface area contributed by atoms with Crippen molar-refractivity contribution in [3.8, 4) is 40.6 Å². The molecule has 2 aromatic heterocycles. The van der Waals surface area contributed by atoms with Crippen molar-refractivity contribution in [2.24, 2.45) is 0 Å². The van der Waals surface area contributed by atoms with Crippen LogP contribution >= 0.6 is 0 Å². The summed E-state index contributed by atoms with van der Waals surface area (Å²) in [5.74, 6) is -2.08. The fourth-order valence-electron chi connectivity index (χ4n) is 3.19. The van der Waals surface area contributed by atoms with Crippen molar-refractivity contribution >= 4 is 5.82 Å². The zero-order valence-corrected chi connectivity index (χ0v) is 17.3. The lowest BCUT2D eigenvalue weighted by Gasteiger charge is -2.13. The zero-order chi connectivity index (χ0) is 23.5. The van der Waals surface area contributed by atoms with Crippen LogP contribution in [0.3, 0.4) is 0 Å². The first-order valence-corrected chi connectivity index (χ1v) is 9.64. The molecule has 0 bridgehead atoms. The first kappa shape index (κ1) is 21.5. The van der Waals surface area contributed by atoms with Crippen LogP contribution in [0.5, 0.6) is 5.88 Å². The quantitative estimate of drug-likeness (QED) is 0.466. The Bertz CT molecular complexity index is 1430. The summed E-state index contributed by atoms with van der Waals surface area (Å²) >= 11 is 0. The van der Waals surface area contributed by atoms with Gasteiger partial charge in [0.2, 0.25) is 11.8 Å². The van der Waals surface area contributed by atoms with Crippen LogP contribution in [0.2, 0.25) is 0 Å². The molecule has 2 N–H and O–H groups in total. The lowest BCUT2D eigenvalue weighted by molar-refractivity contribution is 0.288. The van der Waals surface area contributed by atoms with Gasteiger partial charge in [0.1, 0.15) is 47.6 Å². The highest BCUT2D eigenvalue weighted by Gasteiger charge is 2.21. The molecular weight excluding hydrogens is 428 g/mol. The van der Waals surface area contributed by atoms with Gasteiger partial charge >= 0.3 is 0 Å².